The van der Waals surface area contributed by atoms with E-state index in [1.807, 2.05) is 6.92 Å². The number of hydrogen-bond donors (Lipinski definition) is 2. The monoisotopic (exact) mass is 282 g/mol. The first-order valence-electron chi connectivity index (χ1n) is 5.24. The van der Waals surface area contributed by atoms with Crippen LogP contribution in [0.4, 0.5) is 5.69 Å². The summed E-state index contributed by atoms with van der Waals surface area (Å²) in [7, 11) is 0. The van der Waals surface area contributed by atoms with E-state index in [-0.39, 0.29) is 0 Å². The van der Waals surface area contributed by atoms with Gasteiger partial charge in [-0.15, -0.1) is 11.3 Å². The third kappa shape index (κ3) is 3.00. The molecule has 6 heteroatoms. The van der Waals surface area contributed by atoms with Gasteiger partial charge >= 0.3 is 5.97 Å². The average molecular weight is 283 g/mol. The highest BCUT2D eigenvalue weighted by Gasteiger charge is 2.06. The molecule has 18 heavy (non-hydrogen) atoms. The first-order chi connectivity index (χ1) is 8.56. The topological polar surface area (TPSA) is 62.2 Å². The molecule has 2 aromatic rings. The number of halogens is 1. The Hall–Kier alpha value is -1.59. The fourth-order valence-electron chi connectivity index (χ4n) is 1.54. The summed E-state index contributed by atoms with van der Waals surface area (Å²) in [6, 6.07) is 4.99. The largest absolute Gasteiger partial charge is 0.478 e. The van der Waals surface area contributed by atoms with Crippen molar-refractivity contribution in [3.05, 3.63) is 44.9 Å². The molecule has 0 spiro atoms. The van der Waals surface area contributed by atoms with Gasteiger partial charge in [0.05, 0.1) is 12.1 Å². The molecule has 1 aromatic carbocycles. The fourth-order valence-corrected chi connectivity index (χ4v) is 2.46. The molecule has 0 saturated carbocycles. The molecule has 0 aliphatic heterocycles. The number of nitrogens with one attached hydrogen (secondary N) is 1. The predicted molar refractivity (Wildman–Crippen MR) is 72.6 cm³/mol. The van der Waals surface area contributed by atoms with E-state index in [1.54, 1.807) is 24.4 Å². The molecule has 2 rings (SSSR count). The van der Waals surface area contributed by atoms with Crippen molar-refractivity contribution in [1.82, 2.24) is 4.98 Å². The van der Waals surface area contributed by atoms with E-state index in [4.69, 9.17) is 16.7 Å². The Kier molecular flexibility index (Phi) is 3.84. The lowest BCUT2D eigenvalue weighted by atomic mass is 10.1. The van der Waals surface area contributed by atoms with Crippen molar-refractivity contribution < 1.29 is 9.90 Å². The van der Waals surface area contributed by atoms with Gasteiger partial charge in [-0.25, -0.2) is 9.78 Å². The highest BCUT2D eigenvalue weighted by Crippen LogP contribution is 2.21. The molecule has 0 saturated heterocycles. The summed E-state index contributed by atoms with van der Waals surface area (Å²) in [6.45, 7) is 2.49. The van der Waals surface area contributed by atoms with E-state index in [0.717, 1.165) is 16.1 Å². The molecule has 0 unspecified atom stereocenters. The van der Waals surface area contributed by atoms with Gasteiger partial charge in [-0.1, -0.05) is 11.6 Å². The van der Waals surface area contributed by atoms with Crippen LogP contribution in [-0.2, 0) is 6.54 Å². The number of aromatic carboxylic acids is 1. The minimum absolute atomic E-state index is 0.291. The zero-order valence-corrected chi connectivity index (χ0v) is 11.2. The second-order valence-electron chi connectivity index (χ2n) is 3.77. The first kappa shape index (κ1) is 12.9. The third-order valence-corrected chi connectivity index (χ3v) is 3.57. The number of aromatic nitrogens is 1. The lowest BCUT2D eigenvalue weighted by Gasteiger charge is -2.08. The number of thiazole rings is 1. The van der Waals surface area contributed by atoms with Crippen molar-refractivity contribution in [1.29, 1.82) is 0 Å². The molecule has 0 fully saturated rings. The van der Waals surface area contributed by atoms with Gasteiger partial charge in [0, 0.05) is 16.8 Å². The predicted octanol–water partition coefficient (Wildman–Crippen LogP) is 3.42. The van der Waals surface area contributed by atoms with Gasteiger partial charge in [-0.2, -0.15) is 0 Å². The molecule has 0 amide bonds. The Morgan fingerprint density at radius 1 is 1.56 bits per heavy atom. The number of carbonyl (C=O) groups is 1. The highest BCUT2D eigenvalue weighted by molar-refractivity contribution is 7.15. The molecule has 1 aromatic heterocycles. The number of aryl methyl sites for hydroxylation is 1. The Bertz CT molecular complexity index is 583. The van der Waals surface area contributed by atoms with Crippen molar-refractivity contribution in [2.45, 2.75) is 13.5 Å². The van der Waals surface area contributed by atoms with Gasteiger partial charge in [-0.3, -0.25) is 0 Å². The van der Waals surface area contributed by atoms with Crippen molar-refractivity contribution in [2.75, 3.05) is 5.32 Å². The minimum atomic E-state index is -0.918. The van der Waals surface area contributed by atoms with Crippen molar-refractivity contribution >= 4 is 34.6 Å². The molecule has 0 aliphatic rings. The zero-order valence-electron chi connectivity index (χ0n) is 9.61. The molecular weight excluding hydrogens is 272 g/mol. The quantitative estimate of drug-likeness (QED) is 0.902. The number of nitrogens with zero attached hydrogens (tertiary/aromatic N) is 1. The normalized spacial score (nSPS) is 10.3. The standard InChI is InChI=1S/C12H11ClN2O2S/c1-7-4-8(11(16)17)2-3-10(7)14-5-9-6-15-12(13)18-9/h2-4,6,14H,5H2,1H3,(H,16,17). The Balaban J connectivity index is 2.08. The molecule has 0 atom stereocenters. The van der Waals surface area contributed by atoms with Crippen LogP contribution in [0.25, 0.3) is 0 Å². The molecule has 94 valence electrons. The van der Waals surface area contributed by atoms with Gasteiger partial charge in [0.25, 0.3) is 0 Å². The van der Waals surface area contributed by atoms with E-state index in [9.17, 15) is 4.79 Å². The second-order valence-corrected chi connectivity index (χ2v) is 5.47. The first-order valence-corrected chi connectivity index (χ1v) is 6.44. The smallest absolute Gasteiger partial charge is 0.335 e. The van der Waals surface area contributed by atoms with Crippen LogP contribution in [0.5, 0.6) is 0 Å². The van der Waals surface area contributed by atoms with Crippen LogP contribution in [0.2, 0.25) is 4.47 Å². The Morgan fingerprint density at radius 3 is 2.89 bits per heavy atom. The van der Waals surface area contributed by atoms with Crippen LogP contribution >= 0.6 is 22.9 Å². The molecule has 4 nitrogen and oxygen atoms in total. The summed E-state index contributed by atoms with van der Waals surface area (Å²) in [6.07, 6.45) is 1.72. The van der Waals surface area contributed by atoms with Crippen LogP contribution in [0.1, 0.15) is 20.8 Å². The van der Waals surface area contributed by atoms with Crippen molar-refractivity contribution in [3.63, 3.8) is 0 Å². The van der Waals surface area contributed by atoms with Gasteiger partial charge in [0.1, 0.15) is 0 Å². The van der Waals surface area contributed by atoms with Gasteiger partial charge in [-0.05, 0) is 30.7 Å². The summed E-state index contributed by atoms with van der Waals surface area (Å²) in [5.41, 5.74) is 2.09. The maximum absolute atomic E-state index is 10.8. The number of rotatable bonds is 4. The lowest BCUT2D eigenvalue weighted by Crippen LogP contribution is -2.02. The van der Waals surface area contributed by atoms with E-state index in [0.29, 0.717) is 16.6 Å². The third-order valence-electron chi connectivity index (χ3n) is 2.45. The molecular formula is C12H11ClN2O2S. The minimum Gasteiger partial charge on any atom is -0.478 e. The number of benzene rings is 1. The highest BCUT2D eigenvalue weighted by atomic mass is 35.5. The molecule has 1 heterocycles. The fraction of sp³-hybridized carbons (Fsp3) is 0.167. The van der Waals surface area contributed by atoms with Crippen LogP contribution in [0, 0.1) is 6.92 Å². The SMILES string of the molecule is Cc1cc(C(=O)O)ccc1NCc1cnc(Cl)s1. The maximum Gasteiger partial charge on any atom is 0.335 e. The van der Waals surface area contributed by atoms with Crippen molar-refractivity contribution in [2.24, 2.45) is 0 Å². The second kappa shape index (κ2) is 5.37. The van der Waals surface area contributed by atoms with Gasteiger partial charge in [0.2, 0.25) is 0 Å². The summed E-state index contributed by atoms with van der Waals surface area (Å²) < 4.78 is 0.518. The van der Waals surface area contributed by atoms with Crippen LogP contribution in [-0.4, -0.2) is 16.1 Å². The number of carboxylic acids is 1. The summed E-state index contributed by atoms with van der Waals surface area (Å²) in [5, 5.41) is 12.1. The molecule has 0 bridgehead atoms. The summed E-state index contributed by atoms with van der Waals surface area (Å²) in [4.78, 5) is 15.8. The van der Waals surface area contributed by atoms with E-state index in [1.165, 1.54) is 11.3 Å². The maximum atomic E-state index is 10.8. The molecule has 0 radical (unpaired) electrons. The number of carboxylic acid groups (broad SMARTS) is 1. The van der Waals surface area contributed by atoms with Crippen LogP contribution in [0.15, 0.2) is 24.4 Å². The summed E-state index contributed by atoms with van der Waals surface area (Å²) >= 11 is 7.16. The van der Waals surface area contributed by atoms with Crippen molar-refractivity contribution in [3.8, 4) is 0 Å². The van der Waals surface area contributed by atoms with Gasteiger partial charge in [0.15, 0.2) is 4.47 Å². The van der Waals surface area contributed by atoms with E-state index < -0.39 is 5.97 Å². The number of hydrogen-bond acceptors (Lipinski definition) is 4. The van der Waals surface area contributed by atoms with E-state index >= 15 is 0 Å². The molecule has 2 N–H and O–H groups in total. The van der Waals surface area contributed by atoms with Gasteiger partial charge < -0.3 is 10.4 Å². The Labute approximate surface area is 113 Å². The number of anilines is 1. The Morgan fingerprint density at radius 2 is 2.33 bits per heavy atom. The van der Waals surface area contributed by atoms with E-state index in [2.05, 4.69) is 10.3 Å². The zero-order chi connectivity index (χ0) is 13.1. The van der Waals surface area contributed by atoms with Crippen LogP contribution in [0.3, 0.4) is 0 Å². The molecule has 0 aliphatic carbocycles. The summed E-state index contributed by atoms with van der Waals surface area (Å²) in [5.74, 6) is -0.918. The average Bonchev–Trinajstić information content (AvgIpc) is 2.73. The van der Waals surface area contributed by atoms with Crippen LogP contribution < -0.4 is 5.32 Å². The lowest BCUT2D eigenvalue weighted by molar-refractivity contribution is 0.0697.